The molecule has 0 atom stereocenters. The zero-order chi connectivity index (χ0) is 22.9. The number of rotatable bonds is 5. The number of carbonyl (C=O) groups is 1. The van der Waals surface area contributed by atoms with Crippen molar-refractivity contribution >= 4 is 16.9 Å². The van der Waals surface area contributed by atoms with E-state index < -0.39 is 5.97 Å². The summed E-state index contributed by atoms with van der Waals surface area (Å²) >= 11 is 0. The molecule has 0 unspecified atom stereocenters. The predicted octanol–water partition coefficient (Wildman–Crippen LogP) is 5.43. The Balaban J connectivity index is 1.71. The van der Waals surface area contributed by atoms with Gasteiger partial charge in [-0.2, -0.15) is 0 Å². The van der Waals surface area contributed by atoms with Crippen molar-refractivity contribution in [3.63, 3.8) is 0 Å². The molecular formula is C28H35N3O2. The number of aromatic nitrogens is 1. The van der Waals surface area contributed by atoms with Crippen molar-refractivity contribution in [2.24, 2.45) is 0 Å². The van der Waals surface area contributed by atoms with Crippen LogP contribution in [0.2, 0.25) is 0 Å². The number of aromatic carboxylic acids is 1. The van der Waals surface area contributed by atoms with Crippen molar-refractivity contribution in [3.05, 3.63) is 59.2 Å². The Morgan fingerprint density at radius 2 is 1.85 bits per heavy atom. The van der Waals surface area contributed by atoms with Crippen LogP contribution in [-0.4, -0.2) is 59.2 Å². The van der Waals surface area contributed by atoms with Gasteiger partial charge in [-0.1, -0.05) is 49.6 Å². The van der Waals surface area contributed by atoms with Gasteiger partial charge >= 0.3 is 5.97 Å². The molecule has 2 aromatic carbocycles. The van der Waals surface area contributed by atoms with Gasteiger partial charge in [0.25, 0.3) is 0 Å². The summed E-state index contributed by atoms with van der Waals surface area (Å²) in [5.41, 5.74) is 6.93. The highest BCUT2D eigenvalue weighted by Crippen LogP contribution is 2.45. The van der Waals surface area contributed by atoms with Crippen molar-refractivity contribution in [2.45, 2.75) is 51.1 Å². The molecule has 0 spiro atoms. The molecule has 174 valence electrons. The first-order valence-corrected chi connectivity index (χ1v) is 12.4. The van der Waals surface area contributed by atoms with E-state index in [1.165, 1.54) is 59.9 Å². The van der Waals surface area contributed by atoms with Crippen LogP contribution in [0.3, 0.4) is 0 Å². The third-order valence-corrected chi connectivity index (χ3v) is 7.53. The zero-order valence-corrected chi connectivity index (χ0v) is 19.9. The number of likely N-dealkylation sites (N-methyl/N-ethyl adjacent to an activating group) is 1. The molecule has 5 rings (SSSR count). The van der Waals surface area contributed by atoms with E-state index >= 15 is 0 Å². The van der Waals surface area contributed by atoms with Crippen LogP contribution in [0, 0.1) is 0 Å². The summed E-state index contributed by atoms with van der Waals surface area (Å²) in [6.07, 6.45) is 6.34. The molecule has 1 saturated carbocycles. The molecule has 2 heterocycles. The lowest BCUT2D eigenvalue weighted by Gasteiger charge is -2.30. The summed E-state index contributed by atoms with van der Waals surface area (Å²) in [5, 5.41) is 11.0. The number of hydrogen-bond donors (Lipinski definition) is 1. The van der Waals surface area contributed by atoms with E-state index in [9.17, 15) is 9.90 Å². The van der Waals surface area contributed by atoms with Crippen molar-refractivity contribution in [3.8, 4) is 11.3 Å². The Bertz CT molecular complexity index is 1160. The van der Waals surface area contributed by atoms with Crippen LogP contribution in [-0.2, 0) is 13.1 Å². The quantitative estimate of drug-likeness (QED) is 0.566. The van der Waals surface area contributed by atoms with Crippen molar-refractivity contribution in [2.75, 3.05) is 33.7 Å². The molecule has 5 heteroatoms. The van der Waals surface area contributed by atoms with Gasteiger partial charge in [-0.15, -0.1) is 0 Å². The highest BCUT2D eigenvalue weighted by atomic mass is 16.6. The van der Waals surface area contributed by atoms with E-state index in [1.807, 2.05) is 6.07 Å². The Kier molecular flexibility index (Phi) is 6.26. The summed E-state index contributed by atoms with van der Waals surface area (Å²) in [7, 11) is 4.25. The monoisotopic (exact) mass is 447 g/mol. The van der Waals surface area contributed by atoms with Crippen LogP contribution < -0.4 is 0 Å². The van der Waals surface area contributed by atoms with Crippen molar-refractivity contribution in [1.29, 1.82) is 0 Å². The van der Waals surface area contributed by atoms with Gasteiger partial charge in [-0.25, -0.2) is 4.79 Å². The standard InChI is InChI=1S/C28H35N3O2/c1-29(2)14-15-30-16-17-31-25-18-21(28(32)33)12-13-24(25)26(20-8-4-3-5-9-20)27(31)23-11-7-6-10-22(23)19-30/h6-7,10-13,18,20H,3-5,8-9,14-17,19H2,1-2H3,(H,32,33)/i28+2. The van der Waals surface area contributed by atoms with E-state index in [2.05, 4.69) is 58.8 Å². The molecule has 2 aliphatic rings. The normalized spacial score (nSPS) is 17.5. The lowest BCUT2D eigenvalue weighted by molar-refractivity contribution is 0.0697. The van der Waals surface area contributed by atoms with Gasteiger partial charge in [0.15, 0.2) is 0 Å². The van der Waals surface area contributed by atoms with Crippen LogP contribution >= 0.6 is 0 Å². The van der Waals surface area contributed by atoms with Crippen molar-refractivity contribution in [1.82, 2.24) is 14.4 Å². The van der Waals surface area contributed by atoms with E-state index in [1.54, 1.807) is 6.07 Å². The topological polar surface area (TPSA) is 48.7 Å². The summed E-state index contributed by atoms with van der Waals surface area (Å²) in [4.78, 5) is 16.6. The van der Waals surface area contributed by atoms with E-state index in [-0.39, 0.29) is 0 Å². The minimum Gasteiger partial charge on any atom is -0.478 e. The molecular weight excluding hydrogens is 412 g/mol. The Labute approximate surface area is 196 Å². The molecule has 1 N–H and O–H groups in total. The van der Waals surface area contributed by atoms with Gasteiger partial charge in [0.1, 0.15) is 0 Å². The molecule has 0 bridgehead atoms. The fourth-order valence-electron chi connectivity index (χ4n) is 5.82. The largest absolute Gasteiger partial charge is 0.478 e. The second-order valence-electron chi connectivity index (χ2n) is 10.0. The SMILES string of the molecule is CN(C)CCN1CCn2c(c(C3CCCCC3)c3ccc([14C](=O)O)cc32)-c2ccccc2C1. The highest BCUT2D eigenvalue weighted by Gasteiger charge is 2.29. The number of carboxylic acid groups (broad SMARTS) is 1. The zero-order valence-electron chi connectivity index (χ0n) is 19.9. The smallest absolute Gasteiger partial charge is 0.335 e. The van der Waals surface area contributed by atoms with Crippen molar-refractivity contribution < 1.29 is 9.90 Å². The van der Waals surface area contributed by atoms with E-state index in [0.717, 1.165) is 38.2 Å². The van der Waals surface area contributed by atoms with Crippen LogP contribution in [0.1, 0.15) is 59.5 Å². The van der Waals surface area contributed by atoms with Crippen LogP contribution in [0.4, 0.5) is 0 Å². The molecule has 3 aromatic rings. The Morgan fingerprint density at radius 3 is 2.61 bits per heavy atom. The fourth-order valence-corrected chi connectivity index (χ4v) is 5.82. The molecule has 0 saturated heterocycles. The second kappa shape index (κ2) is 9.32. The van der Waals surface area contributed by atoms with E-state index in [0.29, 0.717) is 11.5 Å². The van der Waals surface area contributed by atoms with E-state index in [4.69, 9.17) is 0 Å². The minimum atomic E-state index is -0.856. The summed E-state index contributed by atoms with van der Waals surface area (Å²) in [6, 6.07) is 14.6. The number of nitrogens with zero attached hydrogens (tertiary/aromatic N) is 3. The van der Waals surface area contributed by atoms with Gasteiger partial charge in [-0.3, -0.25) is 4.90 Å². The summed E-state index contributed by atoms with van der Waals surface area (Å²) < 4.78 is 2.44. The molecule has 33 heavy (non-hydrogen) atoms. The van der Waals surface area contributed by atoms with Gasteiger partial charge in [0.2, 0.25) is 0 Å². The first kappa shape index (κ1) is 22.2. The molecule has 0 radical (unpaired) electrons. The predicted molar refractivity (Wildman–Crippen MR) is 134 cm³/mol. The third kappa shape index (κ3) is 4.32. The minimum absolute atomic E-state index is 0.373. The molecule has 1 fully saturated rings. The highest BCUT2D eigenvalue weighted by molar-refractivity contribution is 5.98. The summed E-state index contributed by atoms with van der Waals surface area (Å²) in [6.45, 7) is 4.84. The number of hydrogen-bond acceptors (Lipinski definition) is 3. The maximum absolute atomic E-state index is 11.8. The first-order valence-electron chi connectivity index (χ1n) is 12.4. The molecule has 0 amide bonds. The maximum atomic E-state index is 11.8. The molecule has 1 aliphatic heterocycles. The lowest BCUT2D eigenvalue weighted by Crippen LogP contribution is -2.35. The van der Waals surface area contributed by atoms with Gasteiger partial charge in [-0.05, 0) is 56.1 Å². The lowest BCUT2D eigenvalue weighted by atomic mass is 9.81. The summed E-state index contributed by atoms with van der Waals surface area (Å²) in [5.74, 6) is -0.309. The third-order valence-electron chi connectivity index (χ3n) is 7.53. The average Bonchev–Trinajstić information content (AvgIpc) is 3.13. The van der Waals surface area contributed by atoms with Crippen LogP contribution in [0.25, 0.3) is 22.2 Å². The Morgan fingerprint density at radius 1 is 1.06 bits per heavy atom. The van der Waals surface area contributed by atoms with Gasteiger partial charge in [0.05, 0.1) is 11.3 Å². The number of carboxylic acids is 1. The second-order valence-corrected chi connectivity index (χ2v) is 10.0. The molecule has 1 aromatic heterocycles. The number of fused-ring (bicyclic) bond motifs is 5. The van der Waals surface area contributed by atoms with Gasteiger partial charge in [0, 0.05) is 49.2 Å². The number of benzene rings is 2. The van der Waals surface area contributed by atoms with Crippen LogP contribution in [0.5, 0.6) is 0 Å². The maximum Gasteiger partial charge on any atom is 0.335 e. The van der Waals surface area contributed by atoms with Crippen LogP contribution in [0.15, 0.2) is 42.5 Å². The molecule has 5 nitrogen and oxygen atoms in total. The fraction of sp³-hybridized carbons (Fsp3) is 0.464. The first-order chi connectivity index (χ1) is 16.0. The molecule has 1 aliphatic carbocycles. The van der Waals surface area contributed by atoms with Gasteiger partial charge < -0.3 is 14.6 Å². The Hall–Kier alpha value is -2.63. The average molecular weight is 448 g/mol.